The van der Waals surface area contributed by atoms with Crippen LogP contribution in [0.1, 0.15) is 5.56 Å². The topological polar surface area (TPSA) is 78.1 Å². The molecule has 0 aliphatic carbocycles. The van der Waals surface area contributed by atoms with E-state index < -0.39 is 20.3 Å². The van der Waals surface area contributed by atoms with Crippen molar-refractivity contribution < 1.29 is 8.42 Å². The van der Waals surface area contributed by atoms with Crippen LogP contribution in [0.15, 0.2) is 26.6 Å². The van der Waals surface area contributed by atoms with Gasteiger partial charge in [0, 0.05) is 24.8 Å². The Labute approximate surface area is 113 Å². The Morgan fingerprint density at radius 1 is 1.11 bits per heavy atom. The van der Waals surface area contributed by atoms with Crippen molar-refractivity contribution in [3.05, 3.63) is 38.5 Å². The molecule has 102 valence electrons. The third kappa shape index (κ3) is 2.08. The van der Waals surface area contributed by atoms with E-state index in [-0.39, 0.29) is 10.3 Å². The van der Waals surface area contributed by atoms with Crippen LogP contribution in [-0.4, -0.2) is 17.6 Å². The van der Waals surface area contributed by atoms with E-state index in [4.69, 9.17) is 10.7 Å². The second-order valence-electron chi connectivity index (χ2n) is 4.28. The molecule has 1 aromatic carbocycles. The fraction of sp³-hybridized carbons (Fsp3) is 0.273. The summed E-state index contributed by atoms with van der Waals surface area (Å²) >= 11 is 0. The van der Waals surface area contributed by atoms with Crippen molar-refractivity contribution >= 4 is 30.6 Å². The molecule has 0 unspecified atom stereocenters. The Balaban J connectivity index is 3.13. The molecule has 1 heterocycles. The molecule has 0 aliphatic heterocycles. The zero-order valence-electron chi connectivity index (χ0n) is 10.5. The van der Waals surface area contributed by atoms with Gasteiger partial charge in [-0.15, -0.1) is 0 Å². The molecule has 0 aliphatic rings. The van der Waals surface area contributed by atoms with Crippen LogP contribution in [0, 0.1) is 6.92 Å². The van der Waals surface area contributed by atoms with Crippen LogP contribution in [-0.2, 0) is 23.1 Å². The van der Waals surface area contributed by atoms with E-state index in [1.54, 1.807) is 6.92 Å². The normalized spacial score (nSPS) is 12.0. The van der Waals surface area contributed by atoms with Gasteiger partial charge in [0.05, 0.1) is 15.8 Å². The number of hydrogen-bond donors (Lipinski definition) is 0. The van der Waals surface area contributed by atoms with Crippen molar-refractivity contribution in [3.63, 3.8) is 0 Å². The molecule has 0 saturated heterocycles. The van der Waals surface area contributed by atoms with Crippen molar-refractivity contribution in [2.75, 3.05) is 0 Å². The van der Waals surface area contributed by atoms with E-state index in [0.29, 0.717) is 11.1 Å². The Morgan fingerprint density at radius 3 is 2.21 bits per heavy atom. The molecular weight excluding hydrogens is 292 g/mol. The lowest BCUT2D eigenvalue weighted by Gasteiger charge is -2.10. The van der Waals surface area contributed by atoms with Crippen molar-refractivity contribution in [2.24, 2.45) is 14.1 Å². The van der Waals surface area contributed by atoms with Crippen molar-refractivity contribution in [2.45, 2.75) is 11.8 Å². The monoisotopic (exact) mass is 302 g/mol. The zero-order valence-corrected chi connectivity index (χ0v) is 12.0. The predicted octanol–water partition coefficient (Wildman–Crippen LogP) is 0.473. The first-order valence-corrected chi connectivity index (χ1v) is 7.60. The van der Waals surface area contributed by atoms with Gasteiger partial charge in [-0.3, -0.25) is 13.9 Å². The van der Waals surface area contributed by atoms with E-state index >= 15 is 0 Å². The molecule has 0 bridgehead atoms. The molecule has 8 heteroatoms. The van der Waals surface area contributed by atoms with Crippen LogP contribution in [0.5, 0.6) is 0 Å². The second-order valence-corrected chi connectivity index (χ2v) is 6.81. The van der Waals surface area contributed by atoms with Gasteiger partial charge in [0.1, 0.15) is 0 Å². The highest BCUT2D eigenvalue weighted by Gasteiger charge is 2.17. The quantitative estimate of drug-likeness (QED) is 0.718. The van der Waals surface area contributed by atoms with Gasteiger partial charge in [0.2, 0.25) is 0 Å². The van der Waals surface area contributed by atoms with Crippen LogP contribution >= 0.6 is 10.7 Å². The highest BCUT2D eigenvalue weighted by Crippen LogP contribution is 2.23. The Bertz CT molecular complexity index is 909. The summed E-state index contributed by atoms with van der Waals surface area (Å²) in [7, 11) is 4.23. The molecular formula is C11H11ClN2O4S. The Kier molecular flexibility index (Phi) is 3.06. The summed E-state index contributed by atoms with van der Waals surface area (Å²) in [4.78, 5) is 23.7. The van der Waals surface area contributed by atoms with Crippen LogP contribution in [0.3, 0.4) is 0 Å². The van der Waals surface area contributed by atoms with E-state index in [0.717, 1.165) is 4.57 Å². The first-order chi connectivity index (χ1) is 8.64. The van der Waals surface area contributed by atoms with Gasteiger partial charge in [0.25, 0.3) is 14.6 Å². The summed E-state index contributed by atoms with van der Waals surface area (Å²) in [6.45, 7) is 1.55. The van der Waals surface area contributed by atoms with Crippen LogP contribution < -0.4 is 11.2 Å². The number of fused-ring (bicyclic) bond motifs is 1. The average Bonchev–Trinajstić information content (AvgIpc) is 2.31. The lowest BCUT2D eigenvalue weighted by Crippen LogP contribution is -2.37. The minimum absolute atomic E-state index is 0.127. The Hall–Kier alpha value is -1.60. The van der Waals surface area contributed by atoms with Gasteiger partial charge < -0.3 is 0 Å². The summed E-state index contributed by atoms with van der Waals surface area (Å²) in [6, 6.07) is 2.67. The van der Waals surface area contributed by atoms with Crippen LogP contribution in [0.2, 0.25) is 0 Å². The predicted molar refractivity (Wildman–Crippen MR) is 72.2 cm³/mol. The number of hydrogen-bond acceptors (Lipinski definition) is 4. The van der Waals surface area contributed by atoms with Crippen LogP contribution in [0.4, 0.5) is 0 Å². The molecule has 0 amide bonds. The van der Waals surface area contributed by atoms with Gasteiger partial charge in [-0.1, -0.05) is 0 Å². The summed E-state index contributed by atoms with van der Waals surface area (Å²) < 4.78 is 25.1. The Morgan fingerprint density at radius 2 is 1.68 bits per heavy atom. The summed E-state index contributed by atoms with van der Waals surface area (Å²) in [5.41, 5.74) is -0.279. The maximum absolute atomic E-state index is 12.0. The van der Waals surface area contributed by atoms with Gasteiger partial charge >= 0.3 is 5.69 Å². The van der Waals surface area contributed by atoms with Gasteiger partial charge in [-0.05, 0) is 24.6 Å². The van der Waals surface area contributed by atoms with Crippen molar-refractivity contribution in [3.8, 4) is 0 Å². The summed E-state index contributed by atoms with van der Waals surface area (Å²) in [5, 5.41) is 0.134. The molecule has 6 nitrogen and oxygen atoms in total. The highest BCUT2D eigenvalue weighted by molar-refractivity contribution is 8.13. The average molecular weight is 303 g/mol. The maximum Gasteiger partial charge on any atom is 0.330 e. The first-order valence-electron chi connectivity index (χ1n) is 5.29. The molecule has 1 aromatic heterocycles. The van der Waals surface area contributed by atoms with E-state index in [1.165, 1.54) is 30.8 Å². The molecule has 0 saturated carbocycles. The van der Waals surface area contributed by atoms with E-state index in [2.05, 4.69) is 0 Å². The number of rotatable bonds is 1. The van der Waals surface area contributed by atoms with Crippen molar-refractivity contribution in [1.82, 2.24) is 9.13 Å². The van der Waals surface area contributed by atoms with Crippen molar-refractivity contribution in [1.29, 1.82) is 0 Å². The lowest BCUT2D eigenvalue weighted by atomic mass is 10.1. The number of benzene rings is 1. The van der Waals surface area contributed by atoms with Crippen LogP contribution in [0.25, 0.3) is 10.9 Å². The molecule has 0 radical (unpaired) electrons. The number of halogens is 1. The summed E-state index contributed by atoms with van der Waals surface area (Å²) in [6.07, 6.45) is 0. The van der Waals surface area contributed by atoms with E-state index in [1.807, 2.05) is 0 Å². The molecule has 0 spiro atoms. The second kappa shape index (κ2) is 4.21. The SMILES string of the molecule is Cc1cc2c(cc1S(=O)(=O)Cl)c(=O)n(C)c(=O)n2C. The molecule has 19 heavy (non-hydrogen) atoms. The summed E-state index contributed by atoms with van der Waals surface area (Å²) in [5.74, 6) is 0. The fourth-order valence-corrected chi connectivity index (χ4v) is 3.18. The lowest BCUT2D eigenvalue weighted by molar-refractivity contribution is 0.609. The minimum Gasteiger partial charge on any atom is -0.296 e. The van der Waals surface area contributed by atoms with Gasteiger partial charge in [-0.2, -0.15) is 0 Å². The highest BCUT2D eigenvalue weighted by atomic mass is 35.7. The number of aryl methyl sites for hydroxylation is 2. The third-order valence-corrected chi connectivity index (χ3v) is 4.49. The number of nitrogens with zero attached hydrogens (tertiary/aromatic N) is 2. The molecule has 0 fully saturated rings. The minimum atomic E-state index is -3.94. The molecule has 2 aromatic rings. The zero-order chi connectivity index (χ0) is 14.5. The smallest absolute Gasteiger partial charge is 0.296 e. The first kappa shape index (κ1) is 13.8. The number of aromatic nitrogens is 2. The third-order valence-electron chi connectivity index (χ3n) is 3.03. The molecule has 2 rings (SSSR count). The fourth-order valence-electron chi connectivity index (χ4n) is 1.98. The standard InChI is InChI=1S/C11H11ClN2O4S/c1-6-4-8-7(5-9(6)19(12,17)18)10(15)14(3)11(16)13(8)2/h4-5H,1-3H3. The van der Waals surface area contributed by atoms with Gasteiger partial charge in [-0.25, -0.2) is 13.2 Å². The maximum atomic E-state index is 12.0. The molecule has 0 atom stereocenters. The largest absolute Gasteiger partial charge is 0.330 e. The molecule has 0 N–H and O–H groups in total. The van der Waals surface area contributed by atoms with Gasteiger partial charge in [0.15, 0.2) is 0 Å². The van der Waals surface area contributed by atoms with E-state index in [9.17, 15) is 18.0 Å².